The molecule has 0 heterocycles. The van der Waals surface area contributed by atoms with Crippen molar-refractivity contribution in [2.45, 2.75) is 52.7 Å². The lowest BCUT2D eigenvalue weighted by molar-refractivity contribution is -0.385. The Kier molecular flexibility index (Phi) is 7.89. The maximum atomic E-state index is 12.4. The van der Waals surface area contributed by atoms with Crippen LogP contribution in [0.3, 0.4) is 0 Å². The van der Waals surface area contributed by atoms with Crippen LogP contribution in [0.2, 0.25) is 0 Å². The lowest BCUT2D eigenvalue weighted by Crippen LogP contribution is -2.47. The molecule has 0 saturated carbocycles. The summed E-state index contributed by atoms with van der Waals surface area (Å²) in [7, 11) is 0. The van der Waals surface area contributed by atoms with Crippen molar-refractivity contribution in [1.82, 2.24) is 10.7 Å². The number of benzene rings is 1. The van der Waals surface area contributed by atoms with Crippen LogP contribution in [0.5, 0.6) is 0 Å². The third-order valence-corrected chi connectivity index (χ3v) is 3.23. The zero-order valence-corrected chi connectivity index (χ0v) is 16.2. The number of hydrogen-bond donors (Lipinski definition) is 2. The van der Waals surface area contributed by atoms with Crippen LogP contribution in [0.4, 0.5) is 10.5 Å². The van der Waals surface area contributed by atoms with Gasteiger partial charge in [0.05, 0.1) is 16.7 Å². The number of ether oxygens (including phenoxy) is 1. The van der Waals surface area contributed by atoms with Crippen LogP contribution in [-0.4, -0.2) is 34.8 Å². The normalized spacial score (nSPS) is 12.7. The number of amides is 2. The first-order valence-electron chi connectivity index (χ1n) is 8.55. The van der Waals surface area contributed by atoms with Crippen molar-refractivity contribution in [3.8, 4) is 0 Å². The van der Waals surface area contributed by atoms with Gasteiger partial charge in [0.2, 0.25) is 0 Å². The number of nitro groups is 1. The van der Waals surface area contributed by atoms with Gasteiger partial charge < -0.3 is 10.1 Å². The van der Waals surface area contributed by atoms with E-state index in [0.717, 1.165) is 0 Å². The van der Waals surface area contributed by atoms with E-state index >= 15 is 0 Å². The van der Waals surface area contributed by atoms with Crippen LogP contribution in [0.1, 0.15) is 46.6 Å². The highest BCUT2D eigenvalue weighted by atomic mass is 16.6. The molecule has 0 aliphatic rings. The van der Waals surface area contributed by atoms with E-state index in [1.165, 1.54) is 24.4 Å². The van der Waals surface area contributed by atoms with Gasteiger partial charge in [-0.2, -0.15) is 5.10 Å². The monoisotopic (exact) mass is 378 g/mol. The summed E-state index contributed by atoms with van der Waals surface area (Å²) in [6.45, 7) is 8.99. The van der Waals surface area contributed by atoms with E-state index in [-0.39, 0.29) is 17.2 Å². The minimum Gasteiger partial charge on any atom is -0.444 e. The average molecular weight is 378 g/mol. The molecule has 0 aromatic heterocycles. The van der Waals surface area contributed by atoms with Crippen molar-refractivity contribution in [2.24, 2.45) is 11.0 Å². The van der Waals surface area contributed by atoms with Crippen LogP contribution in [0, 0.1) is 16.0 Å². The first-order chi connectivity index (χ1) is 12.5. The third-order valence-electron chi connectivity index (χ3n) is 3.23. The van der Waals surface area contributed by atoms with Gasteiger partial charge in [-0.25, -0.2) is 10.2 Å². The minimum atomic E-state index is -0.845. The SMILES string of the molecule is CC(C)C[C@H](NC(=O)OC(C)(C)C)C(=O)N/N=C/c1ccccc1[N+](=O)[O-]. The molecule has 9 heteroatoms. The fourth-order valence-electron chi connectivity index (χ4n) is 2.16. The van der Waals surface area contributed by atoms with Gasteiger partial charge >= 0.3 is 6.09 Å². The molecule has 2 N–H and O–H groups in total. The number of alkyl carbamates (subject to hydrolysis) is 1. The van der Waals surface area contributed by atoms with Gasteiger partial charge in [0.25, 0.3) is 11.6 Å². The molecule has 0 bridgehead atoms. The number of carbonyl (C=O) groups excluding carboxylic acids is 2. The molecule has 0 spiro atoms. The van der Waals surface area contributed by atoms with Crippen molar-refractivity contribution < 1.29 is 19.2 Å². The minimum absolute atomic E-state index is 0.124. The van der Waals surface area contributed by atoms with Gasteiger partial charge in [0.15, 0.2) is 0 Å². The standard InChI is InChI=1S/C18H26N4O5/c1-12(2)10-14(20-17(24)27-18(3,4)5)16(23)21-19-11-13-8-6-7-9-15(13)22(25)26/h6-9,11-12,14H,10H2,1-5H3,(H,20,24)(H,21,23)/b19-11+/t14-/m0/s1. The molecular weight excluding hydrogens is 352 g/mol. The highest BCUT2D eigenvalue weighted by molar-refractivity contribution is 5.89. The first-order valence-corrected chi connectivity index (χ1v) is 8.55. The first kappa shape index (κ1) is 22.1. The molecule has 1 rings (SSSR count). The second-order valence-electron chi connectivity index (χ2n) is 7.38. The number of hydrogen-bond acceptors (Lipinski definition) is 6. The Morgan fingerprint density at radius 3 is 2.48 bits per heavy atom. The lowest BCUT2D eigenvalue weighted by atomic mass is 10.0. The van der Waals surface area contributed by atoms with Crippen LogP contribution in [0.25, 0.3) is 0 Å². The highest BCUT2D eigenvalue weighted by Crippen LogP contribution is 2.15. The van der Waals surface area contributed by atoms with Gasteiger partial charge in [0.1, 0.15) is 11.6 Å². The summed E-state index contributed by atoms with van der Waals surface area (Å²) in [5, 5.41) is 17.3. The Hall–Kier alpha value is -2.97. The van der Waals surface area contributed by atoms with E-state index in [0.29, 0.717) is 6.42 Å². The predicted molar refractivity (Wildman–Crippen MR) is 101 cm³/mol. The summed E-state index contributed by atoms with van der Waals surface area (Å²) in [5.41, 5.74) is 1.75. The van der Waals surface area contributed by atoms with Gasteiger partial charge in [-0.1, -0.05) is 26.0 Å². The Labute approximate surface area is 158 Å². The van der Waals surface area contributed by atoms with Gasteiger partial charge in [0, 0.05) is 6.07 Å². The summed E-state index contributed by atoms with van der Waals surface area (Å²) in [6, 6.07) is 5.18. The summed E-state index contributed by atoms with van der Waals surface area (Å²) < 4.78 is 5.17. The average Bonchev–Trinajstić information content (AvgIpc) is 2.52. The fraction of sp³-hybridized carbons (Fsp3) is 0.500. The molecule has 0 aliphatic carbocycles. The van der Waals surface area contributed by atoms with E-state index in [2.05, 4.69) is 15.8 Å². The summed E-state index contributed by atoms with van der Waals surface area (Å²) in [5.74, 6) is -0.403. The second-order valence-corrected chi connectivity index (χ2v) is 7.38. The number of nitro benzene ring substituents is 1. The van der Waals surface area contributed by atoms with E-state index in [1.807, 2.05) is 13.8 Å². The van der Waals surface area contributed by atoms with Gasteiger partial charge in [-0.05, 0) is 39.2 Å². The molecule has 0 fully saturated rings. The van der Waals surface area contributed by atoms with Crippen molar-refractivity contribution in [1.29, 1.82) is 0 Å². The quantitative estimate of drug-likeness (QED) is 0.429. The summed E-state index contributed by atoms with van der Waals surface area (Å²) >= 11 is 0. The number of rotatable bonds is 7. The molecule has 2 amide bonds. The molecule has 0 unspecified atom stereocenters. The van der Waals surface area contributed by atoms with Crippen molar-refractivity contribution in [2.75, 3.05) is 0 Å². The zero-order chi connectivity index (χ0) is 20.6. The van der Waals surface area contributed by atoms with Crippen molar-refractivity contribution in [3.05, 3.63) is 39.9 Å². The third kappa shape index (κ3) is 8.30. The number of nitrogens with zero attached hydrogens (tertiary/aromatic N) is 2. The zero-order valence-electron chi connectivity index (χ0n) is 16.2. The molecule has 0 radical (unpaired) electrons. The maximum Gasteiger partial charge on any atom is 0.408 e. The largest absolute Gasteiger partial charge is 0.444 e. The molecule has 0 saturated heterocycles. The second kappa shape index (κ2) is 9.65. The van der Waals surface area contributed by atoms with E-state index in [1.54, 1.807) is 26.8 Å². The van der Waals surface area contributed by atoms with E-state index in [4.69, 9.17) is 4.74 Å². The fourth-order valence-corrected chi connectivity index (χ4v) is 2.16. The molecular formula is C18H26N4O5. The molecule has 9 nitrogen and oxygen atoms in total. The maximum absolute atomic E-state index is 12.4. The Morgan fingerprint density at radius 1 is 1.30 bits per heavy atom. The smallest absolute Gasteiger partial charge is 0.408 e. The number of para-hydroxylation sites is 1. The van der Waals surface area contributed by atoms with Gasteiger partial charge in [-0.15, -0.1) is 0 Å². The van der Waals surface area contributed by atoms with Crippen molar-refractivity contribution >= 4 is 23.9 Å². The molecule has 148 valence electrons. The molecule has 27 heavy (non-hydrogen) atoms. The number of hydrazone groups is 1. The van der Waals surface area contributed by atoms with Crippen LogP contribution < -0.4 is 10.7 Å². The summed E-state index contributed by atoms with van der Waals surface area (Å²) in [6.07, 6.45) is 0.869. The molecule has 1 aromatic carbocycles. The molecule has 1 aromatic rings. The topological polar surface area (TPSA) is 123 Å². The predicted octanol–water partition coefficient (Wildman–Crippen LogP) is 2.98. The summed E-state index contributed by atoms with van der Waals surface area (Å²) in [4.78, 5) is 34.7. The Morgan fingerprint density at radius 2 is 1.93 bits per heavy atom. The van der Waals surface area contributed by atoms with E-state index < -0.39 is 28.6 Å². The van der Waals surface area contributed by atoms with Crippen LogP contribution in [-0.2, 0) is 9.53 Å². The molecule has 0 aliphatic heterocycles. The van der Waals surface area contributed by atoms with Crippen molar-refractivity contribution in [3.63, 3.8) is 0 Å². The van der Waals surface area contributed by atoms with E-state index in [9.17, 15) is 19.7 Å². The highest BCUT2D eigenvalue weighted by Gasteiger charge is 2.25. The number of carbonyl (C=O) groups is 2. The lowest BCUT2D eigenvalue weighted by Gasteiger charge is -2.23. The van der Waals surface area contributed by atoms with Crippen LogP contribution >= 0.6 is 0 Å². The van der Waals surface area contributed by atoms with Crippen LogP contribution in [0.15, 0.2) is 29.4 Å². The van der Waals surface area contributed by atoms with Gasteiger partial charge in [-0.3, -0.25) is 14.9 Å². The Bertz CT molecular complexity index is 710. The number of nitrogens with one attached hydrogen (secondary N) is 2. The molecule has 1 atom stereocenters. The Balaban J connectivity index is 2.79.